The molecule has 0 bridgehead atoms. The van der Waals surface area contributed by atoms with E-state index in [1.807, 2.05) is 0 Å². The molecule has 0 aromatic heterocycles. The Balaban J connectivity index is 2.24. The van der Waals surface area contributed by atoms with Crippen LogP contribution in [0.25, 0.3) is 0 Å². The zero-order chi connectivity index (χ0) is 8.97. The maximum Gasteiger partial charge on any atom is -0.0388 e. The summed E-state index contributed by atoms with van der Waals surface area (Å²) < 4.78 is 0. The molecule has 0 amide bonds. The monoisotopic (exact) mass is 167 g/mol. The molecule has 0 heterocycles. The molecule has 0 aromatic carbocycles. The highest BCUT2D eigenvalue weighted by Crippen LogP contribution is 2.32. The molecule has 1 aliphatic rings. The van der Waals surface area contributed by atoms with Gasteiger partial charge in [0.05, 0.1) is 0 Å². The van der Waals surface area contributed by atoms with Crippen molar-refractivity contribution in [1.82, 2.24) is 0 Å². The lowest BCUT2D eigenvalue weighted by Crippen LogP contribution is -2.16. The molecule has 12 heavy (non-hydrogen) atoms. The van der Waals surface area contributed by atoms with Crippen LogP contribution in [0.5, 0.6) is 0 Å². The first-order valence-electron chi connectivity index (χ1n) is 5.53. The molecule has 0 saturated heterocycles. The van der Waals surface area contributed by atoms with E-state index < -0.39 is 0 Å². The molecule has 2 atom stereocenters. The van der Waals surface area contributed by atoms with Crippen LogP contribution in [0.2, 0.25) is 0 Å². The topological polar surface area (TPSA) is 0 Å². The van der Waals surface area contributed by atoms with Crippen LogP contribution in [0.4, 0.5) is 0 Å². The zero-order valence-corrected chi connectivity index (χ0v) is 8.68. The second-order valence-electron chi connectivity index (χ2n) is 4.72. The maximum atomic E-state index is 4.07. The zero-order valence-electron chi connectivity index (χ0n) is 8.68. The lowest BCUT2D eigenvalue weighted by Gasteiger charge is -2.28. The second kappa shape index (κ2) is 4.89. The normalized spacial score (nSPS) is 23.0. The Morgan fingerprint density at radius 2 is 1.75 bits per heavy atom. The summed E-state index contributed by atoms with van der Waals surface area (Å²) in [7, 11) is 0. The molecular formula is C12H23. The fourth-order valence-electron chi connectivity index (χ4n) is 2.53. The molecule has 1 radical (unpaired) electrons. The summed E-state index contributed by atoms with van der Waals surface area (Å²) in [5.41, 5.74) is 0. The van der Waals surface area contributed by atoms with E-state index in [1.165, 1.54) is 38.5 Å². The standard InChI is InChI=1S/C12H23/c1-10(2)9-11(3)12-7-5-4-6-8-12/h10-12H,1,4-9H2,2-3H3. The second-order valence-corrected chi connectivity index (χ2v) is 4.72. The predicted octanol–water partition coefficient (Wildman–Crippen LogP) is 4.06. The van der Waals surface area contributed by atoms with Gasteiger partial charge in [0.15, 0.2) is 0 Å². The third-order valence-electron chi connectivity index (χ3n) is 3.23. The number of rotatable bonds is 3. The van der Waals surface area contributed by atoms with Crippen molar-refractivity contribution in [3.63, 3.8) is 0 Å². The Morgan fingerprint density at radius 1 is 1.17 bits per heavy atom. The molecule has 1 fully saturated rings. The van der Waals surface area contributed by atoms with Crippen LogP contribution in [-0.2, 0) is 0 Å². The highest BCUT2D eigenvalue weighted by Gasteiger charge is 2.20. The highest BCUT2D eigenvalue weighted by molar-refractivity contribution is 4.73. The molecule has 0 nitrogen and oxygen atoms in total. The fraction of sp³-hybridized carbons (Fsp3) is 0.917. The molecule has 0 spiro atoms. The van der Waals surface area contributed by atoms with Gasteiger partial charge in [0, 0.05) is 0 Å². The van der Waals surface area contributed by atoms with Crippen LogP contribution in [-0.4, -0.2) is 0 Å². The van der Waals surface area contributed by atoms with Gasteiger partial charge in [0.1, 0.15) is 0 Å². The van der Waals surface area contributed by atoms with Crippen LogP contribution >= 0.6 is 0 Å². The van der Waals surface area contributed by atoms with Crippen LogP contribution in [0.15, 0.2) is 0 Å². The average molecular weight is 167 g/mol. The lowest BCUT2D eigenvalue weighted by atomic mass is 9.78. The van der Waals surface area contributed by atoms with Gasteiger partial charge in [-0.05, 0) is 24.2 Å². The minimum Gasteiger partial charge on any atom is -0.0625 e. The molecule has 0 N–H and O–H groups in total. The summed E-state index contributed by atoms with van der Waals surface area (Å²) in [6.07, 6.45) is 8.71. The Labute approximate surface area is 77.7 Å². The summed E-state index contributed by atoms with van der Waals surface area (Å²) in [6, 6.07) is 0. The SMILES string of the molecule is [CH2]C(C)CC(C)C1CCCCC1. The van der Waals surface area contributed by atoms with E-state index in [1.54, 1.807) is 0 Å². The average Bonchev–Trinajstić information content (AvgIpc) is 2.05. The molecule has 1 aliphatic carbocycles. The molecular weight excluding hydrogens is 144 g/mol. The third-order valence-corrected chi connectivity index (χ3v) is 3.23. The summed E-state index contributed by atoms with van der Waals surface area (Å²) in [5.74, 6) is 2.57. The number of hydrogen-bond donors (Lipinski definition) is 0. The summed E-state index contributed by atoms with van der Waals surface area (Å²) in [4.78, 5) is 0. The van der Waals surface area contributed by atoms with Crippen LogP contribution in [0.3, 0.4) is 0 Å². The molecule has 1 rings (SSSR count). The van der Waals surface area contributed by atoms with Crippen LogP contribution in [0.1, 0.15) is 52.4 Å². The van der Waals surface area contributed by atoms with E-state index in [0.717, 1.165) is 11.8 Å². The van der Waals surface area contributed by atoms with E-state index >= 15 is 0 Å². The van der Waals surface area contributed by atoms with Crippen molar-refractivity contribution in [3.8, 4) is 0 Å². The van der Waals surface area contributed by atoms with Gasteiger partial charge in [-0.25, -0.2) is 0 Å². The van der Waals surface area contributed by atoms with E-state index in [-0.39, 0.29) is 0 Å². The van der Waals surface area contributed by atoms with Crippen molar-refractivity contribution < 1.29 is 0 Å². The first-order chi connectivity index (χ1) is 5.70. The van der Waals surface area contributed by atoms with Gasteiger partial charge in [0.2, 0.25) is 0 Å². The largest absolute Gasteiger partial charge is 0.0625 e. The van der Waals surface area contributed by atoms with Crippen molar-refractivity contribution in [1.29, 1.82) is 0 Å². The summed E-state index contributed by atoms with van der Waals surface area (Å²) in [6.45, 7) is 8.72. The highest BCUT2D eigenvalue weighted by atomic mass is 14.3. The summed E-state index contributed by atoms with van der Waals surface area (Å²) in [5, 5.41) is 0. The van der Waals surface area contributed by atoms with Gasteiger partial charge in [-0.15, -0.1) is 0 Å². The van der Waals surface area contributed by atoms with Gasteiger partial charge < -0.3 is 0 Å². The first kappa shape index (κ1) is 10.1. The van der Waals surface area contributed by atoms with Gasteiger partial charge in [0.25, 0.3) is 0 Å². The molecule has 2 unspecified atom stereocenters. The fourth-order valence-corrected chi connectivity index (χ4v) is 2.53. The first-order valence-corrected chi connectivity index (χ1v) is 5.53. The van der Waals surface area contributed by atoms with Gasteiger partial charge in [-0.2, -0.15) is 0 Å². The van der Waals surface area contributed by atoms with Crippen molar-refractivity contribution in [2.75, 3.05) is 0 Å². The lowest BCUT2D eigenvalue weighted by molar-refractivity contribution is 0.239. The Hall–Kier alpha value is 0. The number of hydrogen-bond acceptors (Lipinski definition) is 0. The predicted molar refractivity (Wildman–Crippen MR) is 54.9 cm³/mol. The van der Waals surface area contributed by atoms with E-state index in [2.05, 4.69) is 20.8 Å². The molecule has 1 saturated carbocycles. The van der Waals surface area contributed by atoms with E-state index in [0.29, 0.717) is 5.92 Å². The van der Waals surface area contributed by atoms with Crippen molar-refractivity contribution >= 4 is 0 Å². The molecule has 0 heteroatoms. The van der Waals surface area contributed by atoms with Gasteiger partial charge in [-0.3, -0.25) is 0 Å². The third kappa shape index (κ3) is 3.16. The van der Waals surface area contributed by atoms with Crippen molar-refractivity contribution in [2.24, 2.45) is 17.8 Å². The quantitative estimate of drug-likeness (QED) is 0.594. The van der Waals surface area contributed by atoms with Crippen LogP contribution < -0.4 is 0 Å². The minimum absolute atomic E-state index is 0.641. The van der Waals surface area contributed by atoms with Crippen molar-refractivity contribution in [3.05, 3.63) is 6.92 Å². The Bertz CT molecular complexity index is 109. The molecule has 0 aliphatic heterocycles. The Kier molecular flexibility index (Phi) is 4.11. The van der Waals surface area contributed by atoms with E-state index in [9.17, 15) is 0 Å². The molecule has 71 valence electrons. The summed E-state index contributed by atoms with van der Waals surface area (Å²) >= 11 is 0. The van der Waals surface area contributed by atoms with Gasteiger partial charge >= 0.3 is 0 Å². The smallest absolute Gasteiger partial charge is 0.0388 e. The minimum atomic E-state index is 0.641. The van der Waals surface area contributed by atoms with Crippen molar-refractivity contribution in [2.45, 2.75) is 52.4 Å². The maximum absolute atomic E-state index is 4.07. The van der Waals surface area contributed by atoms with Crippen LogP contribution in [0, 0.1) is 24.7 Å². The van der Waals surface area contributed by atoms with Gasteiger partial charge in [-0.1, -0.05) is 52.9 Å². The molecule has 0 aromatic rings. The van der Waals surface area contributed by atoms with E-state index in [4.69, 9.17) is 0 Å². The Morgan fingerprint density at radius 3 is 2.25 bits per heavy atom.